The Balaban J connectivity index is 0.00000182. The van der Waals surface area contributed by atoms with E-state index in [0.29, 0.717) is 0 Å². The van der Waals surface area contributed by atoms with Crippen LogP contribution >= 0.6 is 36.2 Å². The number of carbonyl (C=O) groups is 1. The molecule has 0 radical (unpaired) electrons. The zero-order valence-corrected chi connectivity index (χ0v) is 18.4. The van der Waals surface area contributed by atoms with Crippen molar-refractivity contribution in [3.05, 3.63) is 51.5 Å². The third-order valence-electron chi connectivity index (χ3n) is 4.94. The standard InChI is InChI=1S/C20H27N3OS.2ClH/c1-15-19(25-18(22-15)14-17-6-4-3-5-7-17)20(24)23-12-9-16(10-13-23)8-11-21-2;;/h3-7,16,21H,8-14H2,1-2H3;2*1H. The number of hydrogen-bond donors (Lipinski definition) is 1. The molecule has 1 aromatic carbocycles. The number of nitrogens with one attached hydrogen (secondary N) is 1. The molecule has 27 heavy (non-hydrogen) atoms. The molecule has 2 aromatic rings. The van der Waals surface area contributed by atoms with Gasteiger partial charge in [-0.3, -0.25) is 4.79 Å². The molecule has 150 valence electrons. The van der Waals surface area contributed by atoms with Crippen molar-refractivity contribution in [2.24, 2.45) is 5.92 Å². The van der Waals surface area contributed by atoms with Gasteiger partial charge in [0, 0.05) is 19.5 Å². The molecule has 0 atom stereocenters. The van der Waals surface area contributed by atoms with Crippen LogP contribution in [0.2, 0.25) is 0 Å². The number of hydrogen-bond acceptors (Lipinski definition) is 4. The molecular weight excluding hydrogens is 401 g/mol. The van der Waals surface area contributed by atoms with Crippen molar-refractivity contribution in [3.8, 4) is 0 Å². The van der Waals surface area contributed by atoms with Crippen molar-refractivity contribution in [1.29, 1.82) is 0 Å². The molecule has 1 saturated heterocycles. The SMILES string of the molecule is CNCCC1CCN(C(=O)c2sc(Cc3ccccc3)nc2C)CC1.Cl.Cl. The predicted octanol–water partition coefficient (Wildman–Crippen LogP) is 4.35. The highest BCUT2D eigenvalue weighted by Crippen LogP contribution is 2.26. The Hall–Kier alpha value is -1.14. The number of halogens is 2. The number of thiazole rings is 1. The van der Waals surface area contributed by atoms with E-state index in [0.717, 1.165) is 60.4 Å². The van der Waals surface area contributed by atoms with Gasteiger partial charge in [0.25, 0.3) is 5.91 Å². The van der Waals surface area contributed by atoms with E-state index in [1.54, 1.807) is 11.3 Å². The Morgan fingerprint density at radius 3 is 2.52 bits per heavy atom. The highest BCUT2D eigenvalue weighted by Gasteiger charge is 2.26. The van der Waals surface area contributed by atoms with Gasteiger partial charge in [-0.1, -0.05) is 30.3 Å². The van der Waals surface area contributed by atoms with Crippen LogP contribution in [0.4, 0.5) is 0 Å². The largest absolute Gasteiger partial charge is 0.338 e. The summed E-state index contributed by atoms with van der Waals surface area (Å²) in [6.07, 6.45) is 4.23. The van der Waals surface area contributed by atoms with Crippen LogP contribution in [0.5, 0.6) is 0 Å². The van der Waals surface area contributed by atoms with Gasteiger partial charge in [0.1, 0.15) is 4.88 Å². The number of aromatic nitrogens is 1. The van der Waals surface area contributed by atoms with Crippen LogP contribution in [0.3, 0.4) is 0 Å². The molecule has 0 saturated carbocycles. The normalized spacial score (nSPS) is 14.4. The van der Waals surface area contributed by atoms with Crippen LogP contribution in [-0.2, 0) is 6.42 Å². The van der Waals surface area contributed by atoms with Gasteiger partial charge < -0.3 is 10.2 Å². The van der Waals surface area contributed by atoms with Gasteiger partial charge in [-0.05, 0) is 51.3 Å². The topological polar surface area (TPSA) is 45.2 Å². The Labute approximate surface area is 178 Å². The molecule has 1 fully saturated rings. The zero-order chi connectivity index (χ0) is 17.6. The Bertz CT molecular complexity index is 701. The van der Waals surface area contributed by atoms with E-state index in [-0.39, 0.29) is 30.7 Å². The van der Waals surface area contributed by atoms with E-state index in [9.17, 15) is 4.79 Å². The summed E-state index contributed by atoms with van der Waals surface area (Å²) in [4.78, 5) is 20.4. The second kappa shape index (κ2) is 11.6. The highest BCUT2D eigenvalue weighted by molar-refractivity contribution is 7.13. The summed E-state index contributed by atoms with van der Waals surface area (Å²) < 4.78 is 0. The smallest absolute Gasteiger partial charge is 0.265 e. The number of amides is 1. The van der Waals surface area contributed by atoms with E-state index in [1.807, 2.05) is 37.1 Å². The van der Waals surface area contributed by atoms with Crippen LogP contribution in [-0.4, -0.2) is 42.5 Å². The number of carbonyl (C=O) groups excluding carboxylic acids is 1. The van der Waals surface area contributed by atoms with Crippen molar-refractivity contribution in [2.75, 3.05) is 26.7 Å². The average Bonchev–Trinajstić information content (AvgIpc) is 3.01. The summed E-state index contributed by atoms with van der Waals surface area (Å²) >= 11 is 1.56. The van der Waals surface area contributed by atoms with Gasteiger partial charge in [-0.25, -0.2) is 4.98 Å². The lowest BCUT2D eigenvalue weighted by Crippen LogP contribution is -2.38. The van der Waals surface area contributed by atoms with Crippen LogP contribution in [0.25, 0.3) is 0 Å². The fraction of sp³-hybridized carbons (Fsp3) is 0.500. The molecule has 4 nitrogen and oxygen atoms in total. The molecule has 2 heterocycles. The fourth-order valence-corrected chi connectivity index (χ4v) is 4.48. The lowest BCUT2D eigenvalue weighted by molar-refractivity contribution is 0.0691. The molecule has 0 bridgehead atoms. The fourth-order valence-electron chi connectivity index (χ4n) is 3.41. The summed E-state index contributed by atoms with van der Waals surface area (Å²) in [7, 11) is 2.00. The predicted molar refractivity (Wildman–Crippen MR) is 118 cm³/mol. The molecule has 1 aliphatic heterocycles. The minimum atomic E-state index is 0. The van der Waals surface area contributed by atoms with Crippen LogP contribution in [0.15, 0.2) is 30.3 Å². The van der Waals surface area contributed by atoms with Crippen molar-refractivity contribution in [1.82, 2.24) is 15.2 Å². The van der Waals surface area contributed by atoms with Crippen LogP contribution in [0.1, 0.15) is 45.2 Å². The number of likely N-dealkylation sites (tertiary alicyclic amines) is 1. The molecule has 0 spiro atoms. The maximum Gasteiger partial charge on any atom is 0.265 e. The minimum Gasteiger partial charge on any atom is -0.338 e. The lowest BCUT2D eigenvalue weighted by Gasteiger charge is -2.31. The first-order valence-corrected chi connectivity index (χ1v) is 9.93. The number of aryl methyl sites for hydroxylation is 1. The van der Waals surface area contributed by atoms with Crippen LogP contribution in [0, 0.1) is 12.8 Å². The lowest BCUT2D eigenvalue weighted by atomic mass is 9.93. The van der Waals surface area contributed by atoms with E-state index in [2.05, 4.69) is 22.4 Å². The maximum absolute atomic E-state index is 12.9. The zero-order valence-electron chi connectivity index (χ0n) is 15.9. The van der Waals surface area contributed by atoms with E-state index >= 15 is 0 Å². The second-order valence-corrected chi connectivity index (χ2v) is 7.90. The molecule has 3 rings (SSSR count). The van der Waals surface area contributed by atoms with E-state index in [1.165, 1.54) is 12.0 Å². The molecule has 1 amide bonds. The monoisotopic (exact) mass is 429 g/mol. The Morgan fingerprint density at radius 1 is 1.22 bits per heavy atom. The van der Waals surface area contributed by atoms with Gasteiger partial charge in [0.05, 0.1) is 10.7 Å². The minimum absolute atomic E-state index is 0. The Kier molecular flexibility index (Phi) is 10.3. The van der Waals surface area contributed by atoms with Crippen molar-refractivity contribution in [3.63, 3.8) is 0 Å². The number of nitrogens with zero attached hydrogens (tertiary/aromatic N) is 2. The summed E-state index contributed by atoms with van der Waals surface area (Å²) in [5, 5.41) is 4.24. The molecule has 7 heteroatoms. The van der Waals surface area contributed by atoms with E-state index in [4.69, 9.17) is 0 Å². The van der Waals surface area contributed by atoms with Gasteiger partial charge >= 0.3 is 0 Å². The summed E-state index contributed by atoms with van der Waals surface area (Å²) in [5.74, 6) is 0.911. The van der Waals surface area contributed by atoms with Gasteiger partial charge in [-0.2, -0.15) is 0 Å². The average molecular weight is 430 g/mol. The molecule has 1 aliphatic rings. The number of piperidine rings is 1. The molecule has 0 aliphatic carbocycles. The second-order valence-electron chi connectivity index (χ2n) is 6.81. The number of rotatable bonds is 6. The summed E-state index contributed by atoms with van der Waals surface area (Å²) in [6, 6.07) is 10.3. The van der Waals surface area contributed by atoms with Gasteiger partial charge in [0.2, 0.25) is 0 Å². The molecule has 1 aromatic heterocycles. The molecule has 1 N–H and O–H groups in total. The summed E-state index contributed by atoms with van der Waals surface area (Å²) in [5.41, 5.74) is 2.11. The van der Waals surface area contributed by atoms with Crippen molar-refractivity contribution >= 4 is 42.1 Å². The first-order chi connectivity index (χ1) is 12.2. The van der Waals surface area contributed by atoms with Crippen molar-refractivity contribution in [2.45, 2.75) is 32.6 Å². The first kappa shape index (κ1) is 23.9. The Morgan fingerprint density at radius 2 is 1.89 bits per heavy atom. The quantitative estimate of drug-likeness (QED) is 0.741. The highest BCUT2D eigenvalue weighted by atomic mass is 35.5. The first-order valence-electron chi connectivity index (χ1n) is 9.11. The summed E-state index contributed by atoms with van der Waals surface area (Å²) in [6.45, 7) is 4.77. The third-order valence-corrected chi connectivity index (χ3v) is 6.08. The maximum atomic E-state index is 12.9. The van der Waals surface area contributed by atoms with Gasteiger partial charge in [-0.15, -0.1) is 36.2 Å². The van der Waals surface area contributed by atoms with Gasteiger partial charge in [0.15, 0.2) is 0 Å². The van der Waals surface area contributed by atoms with Crippen molar-refractivity contribution < 1.29 is 4.79 Å². The van der Waals surface area contributed by atoms with E-state index < -0.39 is 0 Å². The third kappa shape index (κ3) is 6.46. The number of benzene rings is 1. The molecular formula is C20H29Cl2N3OS. The van der Waals surface area contributed by atoms with Crippen LogP contribution < -0.4 is 5.32 Å². The molecule has 0 unspecified atom stereocenters.